The maximum atomic E-state index is 2.35. The molecule has 11 rings (SSSR count). The van der Waals surface area contributed by atoms with Gasteiger partial charge in [0.05, 0.1) is 0 Å². The number of benzene rings is 11. The van der Waals surface area contributed by atoms with Gasteiger partial charge in [0.1, 0.15) is 0 Å². The van der Waals surface area contributed by atoms with Crippen LogP contribution in [0.5, 0.6) is 0 Å². The third kappa shape index (κ3) is 8.16. The quantitative estimate of drug-likeness (QED) is 0.128. The van der Waals surface area contributed by atoms with Crippen LogP contribution in [-0.2, 0) is 0 Å². The summed E-state index contributed by atoms with van der Waals surface area (Å²) in [4.78, 5) is 4.67. The number of anilines is 6. The van der Waals surface area contributed by atoms with E-state index in [0.29, 0.717) is 0 Å². The first-order chi connectivity index (χ1) is 32.7. The largest absolute Gasteiger partial charge is 0.311 e. The molecule has 0 aliphatic carbocycles. The Morgan fingerprint density at radius 1 is 0.182 bits per heavy atom. The van der Waals surface area contributed by atoms with Gasteiger partial charge in [-0.2, -0.15) is 0 Å². The van der Waals surface area contributed by atoms with Crippen molar-refractivity contribution >= 4 is 44.9 Å². The number of fused-ring (bicyclic) bond motifs is 1. The van der Waals surface area contributed by atoms with Gasteiger partial charge in [0.15, 0.2) is 0 Å². The van der Waals surface area contributed by atoms with Gasteiger partial charge in [-0.25, -0.2) is 0 Å². The summed E-state index contributed by atoms with van der Waals surface area (Å²) in [5.41, 5.74) is 18.5. The van der Waals surface area contributed by atoms with Crippen LogP contribution in [-0.4, -0.2) is 0 Å². The van der Waals surface area contributed by atoms with Crippen LogP contribution in [0.4, 0.5) is 34.1 Å². The molecule has 11 aromatic rings. The average Bonchev–Trinajstić information content (AvgIpc) is 3.40. The Hall–Kier alpha value is -8.72. The van der Waals surface area contributed by atoms with E-state index in [2.05, 4.69) is 289 Å². The SMILES string of the molecule is c1ccc(-c2ccc(N(c3ccccc3)c3ccc(-c4ccc(-c5ccc(N(c6ccccc6)c6ccc(-c7cccc8ccccc78)cc6)cc5)cc4)c(-c4ccccc4)c3)cc2)cc1. The zero-order chi connectivity index (χ0) is 44.1. The first-order valence-corrected chi connectivity index (χ1v) is 22.6. The third-order valence-electron chi connectivity index (χ3n) is 12.5. The van der Waals surface area contributed by atoms with Crippen LogP contribution < -0.4 is 9.80 Å². The zero-order valence-corrected chi connectivity index (χ0v) is 36.5. The topological polar surface area (TPSA) is 6.48 Å². The first kappa shape index (κ1) is 40.1. The van der Waals surface area contributed by atoms with E-state index in [0.717, 1.165) is 34.1 Å². The van der Waals surface area contributed by atoms with Crippen molar-refractivity contribution in [3.8, 4) is 55.6 Å². The fourth-order valence-corrected chi connectivity index (χ4v) is 9.17. The second kappa shape index (κ2) is 18.2. The van der Waals surface area contributed by atoms with Gasteiger partial charge >= 0.3 is 0 Å². The zero-order valence-electron chi connectivity index (χ0n) is 36.5. The summed E-state index contributed by atoms with van der Waals surface area (Å²) in [7, 11) is 0. The fraction of sp³-hybridized carbons (Fsp3) is 0. The van der Waals surface area contributed by atoms with E-state index in [9.17, 15) is 0 Å². The summed E-state index contributed by atoms with van der Waals surface area (Å²) in [6.45, 7) is 0. The lowest BCUT2D eigenvalue weighted by Gasteiger charge is -2.27. The van der Waals surface area contributed by atoms with Crippen molar-refractivity contribution in [1.82, 2.24) is 0 Å². The molecule has 0 atom stereocenters. The Morgan fingerprint density at radius 3 is 1.06 bits per heavy atom. The highest BCUT2D eigenvalue weighted by molar-refractivity contribution is 5.97. The van der Waals surface area contributed by atoms with E-state index in [4.69, 9.17) is 0 Å². The lowest BCUT2D eigenvalue weighted by molar-refractivity contribution is 1.28. The second-order valence-electron chi connectivity index (χ2n) is 16.5. The highest BCUT2D eigenvalue weighted by Crippen LogP contribution is 2.42. The van der Waals surface area contributed by atoms with Gasteiger partial charge in [-0.1, -0.05) is 206 Å². The number of hydrogen-bond donors (Lipinski definition) is 0. The third-order valence-corrected chi connectivity index (χ3v) is 12.5. The maximum Gasteiger partial charge on any atom is 0.0468 e. The molecule has 0 aliphatic heterocycles. The van der Waals surface area contributed by atoms with Gasteiger partial charge in [-0.3, -0.25) is 0 Å². The van der Waals surface area contributed by atoms with Crippen molar-refractivity contribution in [3.63, 3.8) is 0 Å². The number of rotatable bonds is 11. The molecule has 66 heavy (non-hydrogen) atoms. The van der Waals surface area contributed by atoms with E-state index >= 15 is 0 Å². The molecule has 0 heterocycles. The Kier molecular flexibility index (Phi) is 11.0. The molecule has 2 heteroatoms. The molecule has 0 radical (unpaired) electrons. The van der Waals surface area contributed by atoms with Crippen LogP contribution in [0, 0.1) is 0 Å². The molecule has 0 aromatic heterocycles. The summed E-state index contributed by atoms with van der Waals surface area (Å²) in [6.07, 6.45) is 0. The van der Waals surface area contributed by atoms with Gasteiger partial charge in [0, 0.05) is 34.1 Å². The van der Waals surface area contributed by atoms with E-state index in [1.165, 1.54) is 66.4 Å². The van der Waals surface area contributed by atoms with Crippen LogP contribution in [0.1, 0.15) is 0 Å². The van der Waals surface area contributed by atoms with Crippen LogP contribution in [0.2, 0.25) is 0 Å². The van der Waals surface area contributed by atoms with Crippen LogP contribution >= 0.6 is 0 Å². The van der Waals surface area contributed by atoms with Crippen LogP contribution in [0.15, 0.2) is 279 Å². The van der Waals surface area contributed by atoms with Crippen molar-refractivity contribution < 1.29 is 0 Å². The monoisotopic (exact) mass is 842 g/mol. The predicted octanol–water partition coefficient (Wildman–Crippen LogP) is 18.1. The smallest absolute Gasteiger partial charge is 0.0468 e. The Bertz CT molecular complexity index is 3340. The van der Waals surface area contributed by atoms with Crippen molar-refractivity contribution in [2.24, 2.45) is 0 Å². The van der Waals surface area contributed by atoms with Crippen molar-refractivity contribution in [1.29, 1.82) is 0 Å². The molecule has 0 saturated heterocycles. The molecule has 11 aromatic carbocycles. The van der Waals surface area contributed by atoms with E-state index in [1.807, 2.05) is 0 Å². The Labute approximate surface area is 387 Å². The molecule has 0 aliphatic rings. The minimum absolute atomic E-state index is 1.10. The van der Waals surface area contributed by atoms with E-state index < -0.39 is 0 Å². The maximum absolute atomic E-state index is 2.35. The van der Waals surface area contributed by atoms with Crippen LogP contribution in [0.25, 0.3) is 66.4 Å². The molecule has 0 N–H and O–H groups in total. The summed E-state index contributed by atoms with van der Waals surface area (Å²) in [5, 5.41) is 2.51. The molecule has 0 bridgehead atoms. The first-order valence-electron chi connectivity index (χ1n) is 22.6. The molecule has 0 fully saturated rings. The minimum atomic E-state index is 1.10. The molecular formula is C64H46N2. The molecule has 0 saturated carbocycles. The molecule has 312 valence electrons. The van der Waals surface area contributed by atoms with Gasteiger partial charge < -0.3 is 9.80 Å². The molecule has 2 nitrogen and oxygen atoms in total. The molecule has 0 unspecified atom stereocenters. The highest BCUT2D eigenvalue weighted by Gasteiger charge is 2.18. The summed E-state index contributed by atoms with van der Waals surface area (Å²) >= 11 is 0. The van der Waals surface area contributed by atoms with Crippen molar-refractivity contribution in [3.05, 3.63) is 279 Å². The van der Waals surface area contributed by atoms with Crippen molar-refractivity contribution in [2.75, 3.05) is 9.80 Å². The minimum Gasteiger partial charge on any atom is -0.311 e. The number of nitrogens with zero attached hydrogens (tertiary/aromatic N) is 2. The fourth-order valence-electron chi connectivity index (χ4n) is 9.17. The van der Waals surface area contributed by atoms with Gasteiger partial charge in [-0.15, -0.1) is 0 Å². The Balaban J connectivity index is 0.900. The summed E-state index contributed by atoms with van der Waals surface area (Å²) < 4.78 is 0. The normalized spacial score (nSPS) is 11.0. The summed E-state index contributed by atoms with van der Waals surface area (Å²) in [5.74, 6) is 0. The van der Waals surface area contributed by atoms with Gasteiger partial charge in [0.25, 0.3) is 0 Å². The average molecular weight is 843 g/mol. The second-order valence-corrected chi connectivity index (χ2v) is 16.5. The standard InChI is InChI=1S/C64H46N2/c1-5-16-47(17-6-1)49-32-40-59(41-33-49)66(56-24-11-4-12-25-56)60-44-45-63(64(46-60)52-18-7-2-8-19-52)53-30-28-48(29-31-53)50-34-38-57(39-35-50)65(55-22-9-3-10-23-55)58-42-36-54(37-43-58)62-27-15-21-51-20-13-14-26-61(51)62/h1-46H. The van der Waals surface area contributed by atoms with Gasteiger partial charge in [-0.05, 0) is 139 Å². The number of para-hydroxylation sites is 2. The molecular weight excluding hydrogens is 797 g/mol. The highest BCUT2D eigenvalue weighted by atomic mass is 15.1. The summed E-state index contributed by atoms with van der Waals surface area (Å²) in [6, 6.07) is 100. The molecule has 0 amide bonds. The van der Waals surface area contributed by atoms with Gasteiger partial charge in [0.2, 0.25) is 0 Å². The van der Waals surface area contributed by atoms with E-state index in [1.54, 1.807) is 0 Å². The predicted molar refractivity (Wildman–Crippen MR) is 280 cm³/mol. The van der Waals surface area contributed by atoms with E-state index in [-0.39, 0.29) is 0 Å². The Morgan fingerprint density at radius 2 is 0.515 bits per heavy atom. The van der Waals surface area contributed by atoms with Crippen molar-refractivity contribution in [2.45, 2.75) is 0 Å². The lowest BCUT2D eigenvalue weighted by Crippen LogP contribution is -2.10. The lowest BCUT2D eigenvalue weighted by atomic mass is 9.92. The van der Waals surface area contributed by atoms with Crippen LogP contribution in [0.3, 0.4) is 0 Å². The molecule has 0 spiro atoms. The number of hydrogen-bond acceptors (Lipinski definition) is 2.